The fourth-order valence-corrected chi connectivity index (χ4v) is 2.36. The molecule has 0 N–H and O–H groups in total. The van der Waals surface area contributed by atoms with Crippen molar-refractivity contribution in [2.75, 3.05) is 13.4 Å². The number of aldehydes is 1. The molecule has 0 bridgehead atoms. The minimum absolute atomic E-state index is 0.0536. The third-order valence-electron chi connectivity index (χ3n) is 3.56. The predicted molar refractivity (Wildman–Crippen MR) is 90.7 cm³/mol. The van der Waals surface area contributed by atoms with E-state index in [2.05, 4.69) is 15.0 Å². The van der Waals surface area contributed by atoms with Gasteiger partial charge in [-0.3, -0.25) is 4.79 Å². The highest BCUT2D eigenvalue weighted by Crippen LogP contribution is 2.39. The van der Waals surface area contributed by atoms with Gasteiger partial charge in [0.15, 0.2) is 13.1 Å². The number of aromatic nitrogens is 1. The molecule has 0 aliphatic rings. The van der Waals surface area contributed by atoms with Crippen molar-refractivity contribution in [1.29, 1.82) is 0 Å². The summed E-state index contributed by atoms with van der Waals surface area (Å²) >= 11 is 0. The molecule has 1 aromatic carbocycles. The predicted octanol–water partition coefficient (Wildman–Crippen LogP) is 5.20. The number of carbonyl (C=O) groups excluding carboxylic acids is 1. The van der Waals surface area contributed by atoms with Crippen LogP contribution in [0.2, 0.25) is 0 Å². The van der Waals surface area contributed by atoms with Gasteiger partial charge in [-0.25, -0.2) is 4.98 Å². The topological polar surface area (TPSA) is 97.2 Å². The summed E-state index contributed by atoms with van der Waals surface area (Å²) in [7, 11) is 0. The maximum absolute atomic E-state index is 13.1. The Hall–Kier alpha value is -3.10. The van der Waals surface area contributed by atoms with Crippen molar-refractivity contribution in [3.8, 4) is 17.0 Å². The van der Waals surface area contributed by atoms with E-state index >= 15 is 0 Å². The van der Waals surface area contributed by atoms with Crippen molar-refractivity contribution in [3.05, 3.63) is 51.4 Å². The van der Waals surface area contributed by atoms with E-state index in [1.807, 2.05) is 0 Å². The molecule has 0 saturated carbocycles. The van der Waals surface area contributed by atoms with Crippen LogP contribution in [0.25, 0.3) is 21.7 Å². The number of rotatable bonds is 7. The molecule has 0 atom stereocenters. The summed E-state index contributed by atoms with van der Waals surface area (Å²) in [5.74, 6) is -0.269. The average Bonchev–Trinajstić information content (AvgIpc) is 2.61. The number of ether oxygens (including phenoxy) is 2. The lowest BCUT2D eigenvalue weighted by Crippen LogP contribution is -2.09. The maximum Gasteiger partial charge on any atom is 0.416 e. The van der Waals surface area contributed by atoms with E-state index in [0.717, 1.165) is 12.1 Å². The number of alkyl halides is 3. The second-order valence-electron chi connectivity index (χ2n) is 5.34. The van der Waals surface area contributed by atoms with Gasteiger partial charge in [0.1, 0.15) is 11.6 Å². The van der Waals surface area contributed by atoms with E-state index in [1.54, 1.807) is 6.92 Å². The Morgan fingerprint density at radius 1 is 1.33 bits per heavy atom. The molecule has 0 spiro atoms. The molecule has 2 aromatic rings. The van der Waals surface area contributed by atoms with Gasteiger partial charge in [0.05, 0.1) is 11.3 Å². The fraction of sp³-hybridized carbons (Fsp3) is 0.294. The van der Waals surface area contributed by atoms with Gasteiger partial charge in [0, 0.05) is 22.6 Å². The molecule has 0 amide bonds. The summed E-state index contributed by atoms with van der Waals surface area (Å²) in [6.45, 7) is 3.26. The van der Waals surface area contributed by atoms with E-state index in [9.17, 15) is 18.0 Å². The normalized spacial score (nSPS) is 11.0. The number of carbonyl (C=O) groups is 1. The van der Waals surface area contributed by atoms with Crippen molar-refractivity contribution < 1.29 is 27.4 Å². The Balaban J connectivity index is 2.65. The number of hydrogen-bond donors (Lipinski definition) is 0. The summed E-state index contributed by atoms with van der Waals surface area (Å²) in [6.07, 6.45) is -4.09. The van der Waals surface area contributed by atoms with Gasteiger partial charge < -0.3 is 9.47 Å². The van der Waals surface area contributed by atoms with Gasteiger partial charge in [-0.2, -0.15) is 13.2 Å². The van der Waals surface area contributed by atoms with Gasteiger partial charge in [0.25, 0.3) is 0 Å². The minimum atomic E-state index is -4.56. The van der Waals surface area contributed by atoms with Gasteiger partial charge in [-0.15, -0.1) is 0 Å². The van der Waals surface area contributed by atoms with E-state index in [4.69, 9.17) is 15.0 Å². The van der Waals surface area contributed by atoms with Crippen LogP contribution < -0.4 is 4.74 Å². The molecule has 0 radical (unpaired) electrons. The number of azide groups is 1. The lowest BCUT2D eigenvalue weighted by Gasteiger charge is -2.17. The Morgan fingerprint density at radius 2 is 2.07 bits per heavy atom. The highest BCUT2D eigenvalue weighted by atomic mass is 19.4. The number of aryl methyl sites for hydroxylation is 1. The molecule has 7 nitrogen and oxygen atoms in total. The lowest BCUT2D eigenvalue weighted by molar-refractivity contribution is -0.137. The Bertz CT molecular complexity index is 894. The first-order chi connectivity index (χ1) is 12.8. The van der Waals surface area contributed by atoms with Crippen molar-refractivity contribution >= 4 is 12.1 Å². The van der Waals surface area contributed by atoms with E-state index in [0.29, 0.717) is 12.9 Å². The third-order valence-corrected chi connectivity index (χ3v) is 3.56. The largest absolute Gasteiger partial charge is 0.467 e. The van der Waals surface area contributed by atoms with Gasteiger partial charge in [-0.05, 0) is 54.3 Å². The summed E-state index contributed by atoms with van der Waals surface area (Å²) in [4.78, 5) is 17.7. The van der Waals surface area contributed by atoms with Crippen LogP contribution in [-0.4, -0.2) is 24.7 Å². The quantitative estimate of drug-likeness (QED) is 0.165. The van der Waals surface area contributed by atoms with Crippen LogP contribution in [0, 0.1) is 6.92 Å². The standard InChI is InChI=1S/C17H15F3N4O3/c1-3-26-9-27-14-7-12(17(18,19)20)6-10(2)15(14)13-5-4-11(8-25)16(22-13)23-24-21/h4-8H,3,9H2,1-2H3. The Kier molecular flexibility index (Phi) is 6.38. The van der Waals surface area contributed by atoms with Crippen LogP contribution >= 0.6 is 0 Å². The molecule has 0 unspecified atom stereocenters. The van der Waals surface area contributed by atoms with Crippen molar-refractivity contribution in [2.24, 2.45) is 5.11 Å². The minimum Gasteiger partial charge on any atom is -0.467 e. The number of pyridine rings is 1. The second kappa shape index (κ2) is 8.52. The van der Waals surface area contributed by atoms with Crippen LogP contribution in [0.3, 0.4) is 0 Å². The maximum atomic E-state index is 13.1. The first-order valence-corrected chi connectivity index (χ1v) is 7.75. The molecule has 27 heavy (non-hydrogen) atoms. The molecule has 1 heterocycles. The molecule has 2 rings (SSSR count). The molecule has 1 aromatic heterocycles. The molecular weight excluding hydrogens is 365 g/mol. The van der Waals surface area contributed by atoms with E-state index in [-0.39, 0.29) is 40.7 Å². The van der Waals surface area contributed by atoms with Crippen LogP contribution in [0.4, 0.5) is 19.0 Å². The Labute approximate surface area is 152 Å². The molecule has 0 aliphatic heterocycles. The number of hydrogen-bond acceptors (Lipinski definition) is 5. The number of benzene rings is 1. The Morgan fingerprint density at radius 3 is 2.67 bits per heavy atom. The van der Waals surface area contributed by atoms with E-state index in [1.165, 1.54) is 19.1 Å². The van der Waals surface area contributed by atoms with Crippen LogP contribution in [-0.2, 0) is 10.9 Å². The first kappa shape index (κ1) is 20.2. The average molecular weight is 380 g/mol. The molecule has 142 valence electrons. The van der Waals surface area contributed by atoms with Crippen molar-refractivity contribution in [3.63, 3.8) is 0 Å². The molecule has 0 saturated heterocycles. The smallest absolute Gasteiger partial charge is 0.416 e. The van der Waals surface area contributed by atoms with E-state index < -0.39 is 11.7 Å². The third kappa shape index (κ3) is 4.75. The summed E-state index contributed by atoms with van der Waals surface area (Å²) < 4.78 is 49.8. The zero-order chi connectivity index (χ0) is 20.0. The zero-order valence-electron chi connectivity index (χ0n) is 14.4. The first-order valence-electron chi connectivity index (χ1n) is 7.75. The van der Waals surface area contributed by atoms with Crippen molar-refractivity contribution in [1.82, 2.24) is 4.98 Å². The monoisotopic (exact) mass is 380 g/mol. The molecule has 0 fully saturated rings. The lowest BCUT2D eigenvalue weighted by atomic mass is 9.99. The van der Waals surface area contributed by atoms with Gasteiger partial charge in [0.2, 0.25) is 0 Å². The summed E-state index contributed by atoms with van der Waals surface area (Å²) in [5.41, 5.74) is 8.50. The van der Waals surface area contributed by atoms with Crippen LogP contribution in [0.5, 0.6) is 5.75 Å². The number of nitrogens with zero attached hydrogens (tertiary/aromatic N) is 4. The van der Waals surface area contributed by atoms with Gasteiger partial charge in [-0.1, -0.05) is 0 Å². The summed E-state index contributed by atoms with van der Waals surface area (Å²) in [5, 5.41) is 3.35. The van der Waals surface area contributed by atoms with Crippen molar-refractivity contribution in [2.45, 2.75) is 20.0 Å². The van der Waals surface area contributed by atoms with Crippen LogP contribution in [0.15, 0.2) is 29.4 Å². The van der Waals surface area contributed by atoms with Gasteiger partial charge >= 0.3 is 6.18 Å². The SMILES string of the molecule is CCOCOc1cc(C(F)(F)F)cc(C)c1-c1ccc(C=O)c(N=[N+]=[N-])n1. The van der Waals surface area contributed by atoms with Crippen LogP contribution in [0.1, 0.15) is 28.4 Å². The summed E-state index contributed by atoms with van der Waals surface area (Å²) in [6, 6.07) is 4.61. The fourth-order valence-electron chi connectivity index (χ4n) is 2.36. The highest BCUT2D eigenvalue weighted by Gasteiger charge is 2.32. The highest BCUT2D eigenvalue weighted by molar-refractivity contribution is 5.83. The molecule has 10 heteroatoms. The molecule has 0 aliphatic carbocycles. The zero-order valence-corrected chi connectivity index (χ0v) is 14.4. The number of halogens is 3. The molecular formula is C17H15F3N4O3. The second-order valence-corrected chi connectivity index (χ2v) is 5.34.